The Hall–Kier alpha value is 0.832. The fourth-order valence-electron chi connectivity index (χ4n) is 1.94. The van der Waals surface area contributed by atoms with Crippen LogP contribution in [0, 0.1) is 55.9 Å². The van der Waals surface area contributed by atoms with Gasteiger partial charge in [0.25, 0.3) is 5.91 Å². The Morgan fingerprint density at radius 2 is 1.75 bits per heavy atom. The van der Waals surface area contributed by atoms with Gasteiger partial charge in [0.05, 0.1) is 6.04 Å². The van der Waals surface area contributed by atoms with Crippen molar-refractivity contribution in [2.45, 2.75) is 52.7 Å². The molecule has 0 aromatic heterocycles. The fraction of sp³-hybridized carbons (Fsp3) is 0.909. The molecule has 4 nitrogen and oxygen atoms in total. The molecular weight excluding hydrogens is 419 g/mol. The van der Waals surface area contributed by atoms with Gasteiger partial charge in [-0.15, -0.1) is 0 Å². The van der Waals surface area contributed by atoms with Crippen molar-refractivity contribution in [2.24, 2.45) is 11.8 Å². The normalized spacial score (nSPS) is 25.4. The number of amides is 1. The number of carbonyl (C=O) groups is 1. The maximum atomic E-state index is 11.6. The van der Waals surface area contributed by atoms with Crippen LogP contribution >= 0.6 is 0 Å². The van der Waals surface area contributed by atoms with Crippen molar-refractivity contribution in [3.8, 4) is 0 Å². The number of hydroxylamine groups is 2. The second-order valence-corrected chi connectivity index (χ2v) is 5.18. The molecule has 2 unspecified atom stereocenters. The zero-order valence-corrected chi connectivity index (χ0v) is 15.3. The summed E-state index contributed by atoms with van der Waals surface area (Å²) in [5.74, 6) is 0.731. The molecule has 1 radical (unpaired) electrons. The van der Waals surface area contributed by atoms with Gasteiger partial charge in [0.1, 0.15) is 6.17 Å². The molecule has 0 aliphatic carbocycles. The molecule has 0 aromatic rings. The summed E-state index contributed by atoms with van der Waals surface area (Å²) in [5.41, 5.74) is 0. The first kappa shape index (κ1) is 16.8. The molecule has 1 fully saturated rings. The van der Waals surface area contributed by atoms with Gasteiger partial charge >= 0.3 is 0 Å². The summed E-state index contributed by atoms with van der Waals surface area (Å²) in [6.45, 7) is 8.31. The Labute approximate surface area is 134 Å². The first-order valence-electron chi connectivity index (χ1n) is 5.69. The molecule has 1 amide bonds. The van der Waals surface area contributed by atoms with Crippen LogP contribution in [0.2, 0.25) is 0 Å². The monoisotopic (exact) mass is 441 g/mol. The molecular formula is C11H22AcN2O2. The van der Waals surface area contributed by atoms with Gasteiger partial charge in [0.15, 0.2) is 0 Å². The van der Waals surface area contributed by atoms with Crippen LogP contribution < -0.4 is 5.32 Å². The van der Waals surface area contributed by atoms with Gasteiger partial charge in [-0.2, -0.15) is 0 Å². The quantitative estimate of drug-likeness (QED) is 0.652. The predicted octanol–water partition coefficient (Wildman–Crippen LogP) is 1.59. The number of nitrogens with zero attached hydrogens (tertiary/aromatic N) is 1. The molecule has 1 aliphatic rings. The molecule has 91 valence electrons. The minimum absolute atomic E-state index is 0. The van der Waals surface area contributed by atoms with Crippen LogP contribution in [0.5, 0.6) is 0 Å². The van der Waals surface area contributed by atoms with E-state index in [2.05, 4.69) is 33.0 Å². The van der Waals surface area contributed by atoms with Crippen molar-refractivity contribution in [1.82, 2.24) is 10.4 Å². The Balaban J connectivity index is 0.00000225. The van der Waals surface area contributed by atoms with E-state index in [4.69, 9.17) is 0 Å². The summed E-state index contributed by atoms with van der Waals surface area (Å²) in [7, 11) is 0. The number of rotatable bonds is 4. The second kappa shape index (κ2) is 7.31. The molecule has 1 heterocycles. The molecule has 1 aliphatic heterocycles. The SMILES string of the molecule is CC(C)CC1NC(CC(C)C)N(O)C1=O.[Ac]. The van der Waals surface area contributed by atoms with Gasteiger partial charge in [-0.05, 0) is 24.7 Å². The number of carbonyl (C=O) groups excluding carboxylic acids is 1. The van der Waals surface area contributed by atoms with E-state index in [1.54, 1.807) is 0 Å². The van der Waals surface area contributed by atoms with Gasteiger partial charge in [-0.3, -0.25) is 15.3 Å². The maximum Gasteiger partial charge on any atom is 0.264 e. The third-order valence-electron chi connectivity index (χ3n) is 2.61. The molecule has 0 bridgehead atoms. The van der Waals surface area contributed by atoms with Crippen molar-refractivity contribution >= 4 is 5.91 Å². The average molecular weight is 441 g/mol. The van der Waals surface area contributed by atoms with Crippen molar-refractivity contribution in [1.29, 1.82) is 0 Å². The molecule has 0 aromatic carbocycles. The summed E-state index contributed by atoms with van der Waals surface area (Å²) in [4.78, 5) is 11.6. The molecule has 2 atom stereocenters. The van der Waals surface area contributed by atoms with Crippen LogP contribution in [0.15, 0.2) is 0 Å². The zero-order valence-electron chi connectivity index (χ0n) is 10.6. The minimum atomic E-state index is -0.209. The molecule has 1 saturated heterocycles. The van der Waals surface area contributed by atoms with Crippen LogP contribution in [0.4, 0.5) is 0 Å². The van der Waals surface area contributed by atoms with E-state index in [1.807, 2.05) is 0 Å². The van der Waals surface area contributed by atoms with E-state index in [1.165, 1.54) is 0 Å². The summed E-state index contributed by atoms with van der Waals surface area (Å²) >= 11 is 0. The number of hydrogen-bond donors (Lipinski definition) is 2. The summed E-state index contributed by atoms with van der Waals surface area (Å²) < 4.78 is 0. The van der Waals surface area contributed by atoms with Gasteiger partial charge in [0, 0.05) is 44.1 Å². The van der Waals surface area contributed by atoms with Gasteiger partial charge in [0.2, 0.25) is 0 Å². The molecule has 5 heteroatoms. The maximum absolute atomic E-state index is 11.6. The van der Waals surface area contributed by atoms with Crippen molar-refractivity contribution in [3.05, 3.63) is 0 Å². The van der Waals surface area contributed by atoms with Gasteiger partial charge < -0.3 is 0 Å². The first-order chi connectivity index (χ1) is 6.91. The Kier molecular flexibility index (Phi) is 7.69. The smallest absolute Gasteiger partial charge is 0.264 e. The molecule has 2 N–H and O–H groups in total. The summed E-state index contributed by atoms with van der Waals surface area (Å²) in [6, 6.07) is -0.209. The Morgan fingerprint density at radius 1 is 1.25 bits per heavy atom. The second-order valence-electron chi connectivity index (χ2n) is 5.18. The topological polar surface area (TPSA) is 52.6 Å². The third kappa shape index (κ3) is 4.60. The fourth-order valence-corrected chi connectivity index (χ4v) is 1.94. The van der Waals surface area contributed by atoms with Crippen LogP contribution in [0.25, 0.3) is 0 Å². The average Bonchev–Trinajstić information content (AvgIpc) is 2.32. The van der Waals surface area contributed by atoms with E-state index in [-0.39, 0.29) is 62.2 Å². The van der Waals surface area contributed by atoms with Crippen molar-refractivity contribution in [3.63, 3.8) is 0 Å². The minimum Gasteiger partial charge on any atom is -0.284 e. The van der Waals surface area contributed by atoms with E-state index in [9.17, 15) is 10.0 Å². The standard InChI is InChI=1S/C11H22N2O2.Ac/c1-7(2)5-9-11(14)13(15)10(12-9)6-8(3)4;/h7-10,12,15H,5-6H2,1-4H3;. The van der Waals surface area contributed by atoms with Crippen molar-refractivity contribution < 1.29 is 54.1 Å². The predicted molar refractivity (Wildman–Crippen MR) is 58.3 cm³/mol. The van der Waals surface area contributed by atoms with E-state index in [0.29, 0.717) is 11.8 Å². The van der Waals surface area contributed by atoms with Crippen LogP contribution in [0.1, 0.15) is 40.5 Å². The van der Waals surface area contributed by atoms with Crippen LogP contribution in [0.3, 0.4) is 0 Å². The summed E-state index contributed by atoms with van der Waals surface area (Å²) in [6.07, 6.45) is 1.36. The summed E-state index contributed by atoms with van der Waals surface area (Å²) in [5, 5.41) is 13.7. The van der Waals surface area contributed by atoms with E-state index < -0.39 is 0 Å². The first-order valence-corrected chi connectivity index (χ1v) is 5.69. The zero-order chi connectivity index (χ0) is 11.6. The Morgan fingerprint density at radius 3 is 2.19 bits per heavy atom. The molecule has 0 saturated carbocycles. The van der Waals surface area contributed by atoms with Crippen LogP contribution in [-0.2, 0) is 4.79 Å². The Bertz CT molecular complexity index is 234. The molecule has 16 heavy (non-hydrogen) atoms. The van der Waals surface area contributed by atoms with E-state index in [0.717, 1.165) is 17.9 Å². The van der Waals surface area contributed by atoms with Gasteiger partial charge in [-0.25, -0.2) is 5.06 Å². The van der Waals surface area contributed by atoms with Crippen molar-refractivity contribution in [2.75, 3.05) is 0 Å². The molecule has 1 rings (SSSR count). The largest absolute Gasteiger partial charge is 0.284 e. The number of hydrogen-bond acceptors (Lipinski definition) is 3. The number of nitrogens with one attached hydrogen (secondary N) is 1. The third-order valence-corrected chi connectivity index (χ3v) is 2.61. The van der Waals surface area contributed by atoms with E-state index >= 15 is 0 Å². The van der Waals surface area contributed by atoms with Gasteiger partial charge in [-0.1, -0.05) is 27.7 Å². The molecule has 0 spiro atoms. The van der Waals surface area contributed by atoms with Crippen LogP contribution in [-0.4, -0.2) is 28.4 Å².